The van der Waals surface area contributed by atoms with Gasteiger partial charge in [0.05, 0.1) is 12.4 Å². The first-order valence-electron chi connectivity index (χ1n) is 5.98. The van der Waals surface area contributed by atoms with Crippen LogP contribution in [0, 0.1) is 0 Å². The van der Waals surface area contributed by atoms with Crippen molar-refractivity contribution in [2.75, 3.05) is 0 Å². The zero-order chi connectivity index (χ0) is 13.9. The Morgan fingerprint density at radius 2 is 1.95 bits per heavy atom. The molecule has 2 aromatic heterocycles. The van der Waals surface area contributed by atoms with E-state index in [1.807, 2.05) is 35.7 Å². The highest BCUT2D eigenvalue weighted by molar-refractivity contribution is 7.98. The number of aliphatic hydroxyl groups is 1. The maximum atomic E-state index is 9.01. The van der Waals surface area contributed by atoms with Gasteiger partial charge in [-0.2, -0.15) is 0 Å². The van der Waals surface area contributed by atoms with Crippen LogP contribution in [0.5, 0.6) is 0 Å². The van der Waals surface area contributed by atoms with E-state index in [4.69, 9.17) is 16.7 Å². The molecule has 6 heteroatoms. The summed E-state index contributed by atoms with van der Waals surface area (Å²) in [6, 6.07) is 9.74. The van der Waals surface area contributed by atoms with Crippen molar-refractivity contribution in [3.8, 4) is 0 Å². The van der Waals surface area contributed by atoms with Gasteiger partial charge in [0.1, 0.15) is 15.8 Å². The minimum Gasteiger partial charge on any atom is -0.392 e. The maximum absolute atomic E-state index is 9.01. The van der Waals surface area contributed by atoms with Gasteiger partial charge in [0.15, 0.2) is 0 Å². The Morgan fingerprint density at radius 3 is 2.70 bits per heavy atom. The highest BCUT2D eigenvalue weighted by Gasteiger charge is 2.07. The summed E-state index contributed by atoms with van der Waals surface area (Å²) in [6.45, 7) is 0.0682. The number of hydrogen-bond acceptors (Lipinski definition) is 5. The van der Waals surface area contributed by atoms with Crippen LogP contribution in [0.3, 0.4) is 0 Å². The van der Waals surface area contributed by atoms with Crippen LogP contribution < -0.4 is 0 Å². The molecule has 1 aromatic carbocycles. The van der Waals surface area contributed by atoms with Gasteiger partial charge in [0, 0.05) is 10.3 Å². The first-order valence-corrected chi connectivity index (χ1v) is 8.23. The molecular formula is C14H11ClN2OS2. The Kier molecular flexibility index (Phi) is 4.21. The molecule has 0 aliphatic carbocycles. The number of rotatable bonds is 4. The van der Waals surface area contributed by atoms with Crippen molar-refractivity contribution in [3.63, 3.8) is 0 Å². The minimum atomic E-state index is 0.0682. The fourth-order valence-corrected chi connectivity index (χ4v) is 3.61. The second kappa shape index (κ2) is 6.10. The van der Waals surface area contributed by atoms with Gasteiger partial charge >= 0.3 is 0 Å². The Balaban J connectivity index is 1.75. The zero-order valence-electron chi connectivity index (χ0n) is 10.4. The molecule has 0 aliphatic rings. The van der Waals surface area contributed by atoms with Crippen LogP contribution in [0.15, 0.2) is 40.6 Å². The van der Waals surface area contributed by atoms with Crippen LogP contribution in [0.4, 0.5) is 0 Å². The lowest BCUT2D eigenvalue weighted by molar-refractivity contribution is 0.282. The summed E-state index contributed by atoms with van der Waals surface area (Å²) in [6.07, 6.45) is 0. The summed E-state index contributed by atoms with van der Waals surface area (Å²) in [5, 5.41) is 12.4. The molecule has 3 nitrogen and oxygen atoms in total. The van der Waals surface area contributed by atoms with Crippen molar-refractivity contribution in [2.24, 2.45) is 0 Å². The highest BCUT2D eigenvalue weighted by Crippen LogP contribution is 2.27. The van der Waals surface area contributed by atoms with Gasteiger partial charge in [-0.15, -0.1) is 23.1 Å². The Bertz CT molecular complexity index is 728. The van der Waals surface area contributed by atoms with Gasteiger partial charge in [-0.1, -0.05) is 23.7 Å². The summed E-state index contributed by atoms with van der Waals surface area (Å²) < 4.78 is 0. The van der Waals surface area contributed by atoms with Crippen molar-refractivity contribution in [1.29, 1.82) is 0 Å². The standard InChI is InChI=1S/C14H11ClN2OS2/c15-13-11-5-6-19-14(11)17-12(16-13)8-20-10-3-1-9(7-18)2-4-10/h1-6,18H,7-8H2. The number of fused-ring (bicyclic) bond motifs is 1. The van der Waals surface area contributed by atoms with Gasteiger partial charge in [0.25, 0.3) is 0 Å². The van der Waals surface area contributed by atoms with Gasteiger partial charge in [-0.3, -0.25) is 0 Å². The third-order valence-electron chi connectivity index (χ3n) is 2.80. The third-order valence-corrected chi connectivity index (χ3v) is 4.90. The van der Waals surface area contributed by atoms with Gasteiger partial charge in [-0.05, 0) is 29.1 Å². The number of thiophene rings is 1. The average Bonchev–Trinajstić information content (AvgIpc) is 2.94. The molecular weight excluding hydrogens is 312 g/mol. The maximum Gasteiger partial charge on any atom is 0.142 e. The molecule has 102 valence electrons. The Morgan fingerprint density at radius 1 is 1.15 bits per heavy atom. The number of thioether (sulfide) groups is 1. The van der Waals surface area contributed by atoms with Crippen molar-refractivity contribution in [3.05, 3.63) is 52.3 Å². The summed E-state index contributed by atoms with van der Waals surface area (Å²) in [5.74, 6) is 1.41. The fraction of sp³-hybridized carbons (Fsp3) is 0.143. The molecule has 0 spiro atoms. The zero-order valence-corrected chi connectivity index (χ0v) is 12.8. The average molecular weight is 323 g/mol. The smallest absolute Gasteiger partial charge is 0.142 e. The molecule has 0 radical (unpaired) electrons. The van der Waals surface area contributed by atoms with E-state index in [2.05, 4.69) is 9.97 Å². The first-order chi connectivity index (χ1) is 9.76. The number of hydrogen-bond donors (Lipinski definition) is 1. The molecule has 3 aromatic rings. The van der Waals surface area contributed by atoms with E-state index in [1.165, 1.54) is 0 Å². The number of halogens is 1. The predicted molar refractivity (Wildman–Crippen MR) is 84.4 cm³/mol. The molecule has 0 bridgehead atoms. The SMILES string of the molecule is OCc1ccc(SCc2nc(Cl)c3ccsc3n2)cc1. The second-order valence-corrected chi connectivity index (χ2v) is 6.46. The summed E-state index contributed by atoms with van der Waals surface area (Å²) >= 11 is 9.36. The molecule has 0 aliphatic heterocycles. The van der Waals surface area contributed by atoms with Crippen LogP contribution >= 0.6 is 34.7 Å². The van der Waals surface area contributed by atoms with E-state index >= 15 is 0 Å². The molecule has 3 rings (SSSR count). The van der Waals surface area contributed by atoms with E-state index in [9.17, 15) is 0 Å². The van der Waals surface area contributed by atoms with Gasteiger partial charge in [0.2, 0.25) is 0 Å². The number of nitrogens with zero attached hydrogens (tertiary/aromatic N) is 2. The van der Waals surface area contributed by atoms with E-state index in [1.54, 1.807) is 23.1 Å². The lowest BCUT2D eigenvalue weighted by atomic mass is 10.2. The van der Waals surface area contributed by atoms with Crippen molar-refractivity contribution < 1.29 is 5.11 Å². The monoisotopic (exact) mass is 322 g/mol. The minimum absolute atomic E-state index is 0.0682. The Hall–Kier alpha value is -1.14. The first kappa shape index (κ1) is 13.8. The predicted octanol–water partition coefficient (Wildman–Crippen LogP) is 4.13. The van der Waals surface area contributed by atoms with E-state index in [-0.39, 0.29) is 6.61 Å². The van der Waals surface area contributed by atoms with E-state index in [0.29, 0.717) is 10.9 Å². The van der Waals surface area contributed by atoms with Gasteiger partial charge in [-0.25, -0.2) is 9.97 Å². The third kappa shape index (κ3) is 2.96. The van der Waals surface area contributed by atoms with Crippen LogP contribution in [0.1, 0.15) is 11.4 Å². The summed E-state index contributed by atoms with van der Waals surface area (Å²) in [5.41, 5.74) is 0.911. The quantitative estimate of drug-likeness (QED) is 0.579. The normalized spacial score (nSPS) is 11.1. The molecule has 0 fully saturated rings. The molecule has 2 heterocycles. The van der Waals surface area contributed by atoms with Crippen molar-refractivity contribution in [2.45, 2.75) is 17.3 Å². The number of aromatic nitrogens is 2. The number of benzene rings is 1. The fourth-order valence-electron chi connectivity index (χ4n) is 1.76. The van der Waals surface area contributed by atoms with Crippen molar-refractivity contribution >= 4 is 44.9 Å². The largest absolute Gasteiger partial charge is 0.392 e. The Labute approximate surface area is 129 Å². The lowest BCUT2D eigenvalue weighted by Crippen LogP contribution is -1.93. The molecule has 20 heavy (non-hydrogen) atoms. The molecule has 0 unspecified atom stereocenters. The van der Waals surface area contributed by atoms with Crippen LogP contribution in [0.25, 0.3) is 10.2 Å². The number of aliphatic hydroxyl groups excluding tert-OH is 1. The molecule has 0 saturated carbocycles. The molecule has 0 amide bonds. The van der Waals surface area contributed by atoms with E-state index in [0.717, 1.165) is 26.5 Å². The second-order valence-electron chi connectivity index (χ2n) is 4.16. The summed E-state index contributed by atoms with van der Waals surface area (Å²) in [7, 11) is 0. The molecule has 1 N–H and O–H groups in total. The van der Waals surface area contributed by atoms with Crippen LogP contribution in [0.2, 0.25) is 5.15 Å². The van der Waals surface area contributed by atoms with Crippen LogP contribution in [-0.4, -0.2) is 15.1 Å². The van der Waals surface area contributed by atoms with Crippen molar-refractivity contribution in [1.82, 2.24) is 9.97 Å². The van der Waals surface area contributed by atoms with E-state index < -0.39 is 0 Å². The lowest BCUT2D eigenvalue weighted by Gasteiger charge is -2.03. The highest BCUT2D eigenvalue weighted by atomic mass is 35.5. The molecule has 0 atom stereocenters. The topological polar surface area (TPSA) is 46.0 Å². The van der Waals surface area contributed by atoms with Crippen LogP contribution in [-0.2, 0) is 12.4 Å². The molecule has 0 saturated heterocycles. The van der Waals surface area contributed by atoms with Gasteiger partial charge < -0.3 is 5.11 Å². The summed E-state index contributed by atoms with van der Waals surface area (Å²) in [4.78, 5) is 10.9.